The Morgan fingerprint density at radius 3 is 2.08 bits per heavy atom. The number of carbonyl (C=O) groups excluding carboxylic acids is 1. The molecule has 2 rings (SSSR count). The molecule has 1 aromatic rings. The van der Waals surface area contributed by atoms with Gasteiger partial charge in [-0.25, -0.2) is 5.43 Å². The summed E-state index contributed by atoms with van der Waals surface area (Å²) in [5, 5.41) is 0. The van der Waals surface area contributed by atoms with E-state index in [2.05, 4.69) is 36.4 Å². The first-order chi connectivity index (χ1) is 11.5. The van der Waals surface area contributed by atoms with Crippen LogP contribution in [0, 0.1) is 11.3 Å². The van der Waals surface area contributed by atoms with Gasteiger partial charge in [0.1, 0.15) is 5.75 Å². The van der Waals surface area contributed by atoms with Gasteiger partial charge in [-0.3, -0.25) is 10.2 Å². The molecule has 0 radical (unpaired) electrons. The van der Waals surface area contributed by atoms with Gasteiger partial charge in [0.05, 0.1) is 0 Å². The number of hydrazine groups is 1. The van der Waals surface area contributed by atoms with Crippen molar-refractivity contribution in [3.8, 4) is 5.75 Å². The van der Waals surface area contributed by atoms with E-state index < -0.39 is 6.36 Å². The Balaban J connectivity index is 1.79. The lowest BCUT2D eigenvalue weighted by Crippen LogP contribution is -2.46. The predicted octanol–water partition coefficient (Wildman–Crippen LogP) is 4.42. The molecule has 1 aliphatic rings. The highest BCUT2D eigenvalue weighted by Gasteiger charge is 2.31. The fraction of sp³-hybridized carbons (Fsp3) is 0.611. The maximum absolute atomic E-state index is 12.1. The number of hydrogen-bond donors (Lipinski definition) is 2. The van der Waals surface area contributed by atoms with E-state index >= 15 is 0 Å². The summed E-state index contributed by atoms with van der Waals surface area (Å²) in [4.78, 5) is 12.1. The Labute approximate surface area is 146 Å². The zero-order valence-corrected chi connectivity index (χ0v) is 14.7. The molecule has 1 fully saturated rings. The molecular weight excluding hydrogens is 333 g/mol. The number of carbonyl (C=O) groups is 1. The molecule has 7 heteroatoms. The summed E-state index contributed by atoms with van der Waals surface area (Å²) >= 11 is 0. The molecule has 1 aliphatic carbocycles. The summed E-state index contributed by atoms with van der Waals surface area (Å²) in [7, 11) is 0. The van der Waals surface area contributed by atoms with Crippen molar-refractivity contribution in [3.63, 3.8) is 0 Å². The largest absolute Gasteiger partial charge is 0.573 e. The second-order valence-corrected chi connectivity index (χ2v) is 7.59. The molecular formula is C18H25F3N2O2. The Morgan fingerprint density at radius 1 is 1.04 bits per heavy atom. The predicted molar refractivity (Wildman–Crippen MR) is 88.9 cm³/mol. The summed E-state index contributed by atoms with van der Waals surface area (Å²) in [6.07, 6.45) is -0.542. The second kappa shape index (κ2) is 7.64. The highest BCUT2D eigenvalue weighted by Crippen LogP contribution is 2.37. The molecule has 0 aromatic heterocycles. The Hall–Kier alpha value is -1.76. The minimum atomic E-state index is -4.74. The van der Waals surface area contributed by atoms with Crippen LogP contribution in [0.5, 0.6) is 5.75 Å². The van der Waals surface area contributed by atoms with Crippen molar-refractivity contribution < 1.29 is 22.7 Å². The lowest BCUT2D eigenvalue weighted by molar-refractivity contribution is -0.274. The second-order valence-electron chi connectivity index (χ2n) is 7.59. The molecule has 0 unspecified atom stereocenters. The molecule has 0 bridgehead atoms. The summed E-state index contributed by atoms with van der Waals surface area (Å²) < 4.78 is 40.1. The number of amides is 1. The molecule has 25 heavy (non-hydrogen) atoms. The first-order valence-electron chi connectivity index (χ1n) is 8.46. The number of hydrogen-bond acceptors (Lipinski definition) is 3. The highest BCUT2D eigenvalue weighted by atomic mass is 19.4. The molecule has 2 N–H and O–H groups in total. The molecule has 0 aliphatic heterocycles. The third-order valence-electron chi connectivity index (χ3n) is 4.69. The van der Waals surface area contributed by atoms with E-state index in [4.69, 9.17) is 0 Å². The van der Waals surface area contributed by atoms with Gasteiger partial charge in [-0.05, 0) is 61.3 Å². The first kappa shape index (κ1) is 19.6. The number of alkyl halides is 3. The molecule has 0 atom stereocenters. The van der Waals surface area contributed by atoms with E-state index in [1.165, 1.54) is 12.1 Å². The van der Waals surface area contributed by atoms with E-state index in [1.807, 2.05) is 0 Å². The van der Waals surface area contributed by atoms with Gasteiger partial charge in [-0.2, -0.15) is 0 Å². The van der Waals surface area contributed by atoms with Crippen LogP contribution in [0.15, 0.2) is 24.3 Å². The molecule has 1 amide bonds. The van der Waals surface area contributed by atoms with Crippen LogP contribution in [0.25, 0.3) is 0 Å². The number of nitrogens with one attached hydrogen (secondary N) is 2. The van der Waals surface area contributed by atoms with Crippen LogP contribution in [0.3, 0.4) is 0 Å². The molecule has 140 valence electrons. The molecule has 0 heterocycles. The molecule has 1 aromatic carbocycles. The van der Waals surface area contributed by atoms with Crippen molar-refractivity contribution in [2.75, 3.05) is 0 Å². The summed E-state index contributed by atoms with van der Waals surface area (Å²) in [5.41, 5.74) is 6.24. The topological polar surface area (TPSA) is 50.4 Å². The number of rotatable bonds is 4. The average molecular weight is 358 g/mol. The molecule has 0 spiro atoms. The quantitative estimate of drug-likeness (QED) is 0.783. The lowest BCUT2D eigenvalue weighted by Gasteiger charge is -2.37. The maximum atomic E-state index is 12.1. The number of ether oxygens (including phenoxy) is 1. The van der Waals surface area contributed by atoms with Crippen molar-refractivity contribution in [1.29, 1.82) is 0 Å². The van der Waals surface area contributed by atoms with Gasteiger partial charge >= 0.3 is 6.36 Å². The third-order valence-corrected chi connectivity index (χ3v) is 4.69. The normalized spacial score (nSPS) is 21.7. The van der Waals surface area contributed by atoms with Gasteiger partial charge in [-0.1, -0.05) is 20.8 Å². The molecule has 1 saturated carbocycles. The van der Waals surface area contributed by atoms with E-state index in [0.717, 1.165) is 37.8 Å². The zero-order valence-electron chi connectivity index (χ0n) is 14.7. The third kappa shape index (κ3) is 6.23. The van der Waals surface area contributed by atoms with Crippen molar-refractivity contribution in [2.45, 2.75) is 58.9 Å². The van der Waals surface area contributed by atoms with E-state index in [1.54, 1.807) is 0 Å². The fourth-order valence-corrected chi connectivity index (χ4v) is 3.15. The van der Waals surface area contributed by atoms with Crippen LogP contribution in [0.4, 0.5) is 13.2 Å². The van der Waals surface area contributed by atoms with Gasteiger partial charge in [0.25, 0.3) is 5.91 Å². The lowest BCUT2D eigenvalue weighted by atomic mass is 9.71. The first-order valence-corrected chi connectivity index (χ1v) is 8.46. The molecule has 4 nitrogen and oxygen atoms in total. The number of halogens is 3. The van der Waals surface area contributed by atoms with Gasteiger partial charge in [0.15, 0.2) is 0 Å². The average Bonchev–Trinajstić information content (AvgIpc) is 2.51. The van der Waals surface area contributed by atoms with Crippen LogP contribution in [0.1, 0.15) is 56.8 Å². The SMILES string of the molecule is CC(C)(C)C1CCC(NNC(=O)c2ccc(OC(F)(F)F)cc2)CC1. The smallest absolute Gasteiger partial charge is 0.406 e. The standard InChI is InChI=1S/C18H25F3N2O2/c1-17(2,3)13-6-8-14(9-7-13)22-23-16(24)12-4-10-15(11-5-12)25-18(19,20)21/h4-5,10-11,13-14,22H,6-9H2,1-3H3,(H,23,24). The monoisotopic (exact) mass is 358 g/mol. The fourth-order valence-electron chi connectivity index (χ4n) is 3.15. The highest BCUT2D eigenvalue weighted by molar-refractivity contribution is 5.93. The van der Waals surface area contributed by atoms with Crippen molar-refractivity contribution in [2.24, 2.45) is 11.3 Å². The van der Waals surface area contributed by atoms with Gasteiger partial charge in [0.2, 0.25) is 0 Å². The minimum Gasteiger partial charge on any atom is -0.406 e. The Bertz CT molecular complexity index is 571. The van der Waals surface area contributed by atoms with Gasteiger partial charge in [-0.15, -0.1) is 13.2 Å². The Kier molecular flexibility index (Phi) is 5.98. The summed E-state index contributed by atoms with van der Waals surface area (Å²) in [6, 6.07) is 5.06. The van der Waals surface area contributed by atoms with Gasteiger partial charge < -0.3 is 4.74 Å². The van der Waals surface area contributed by atoms with Crippen LogP contribution in [0.2, 0.25) is 0 Å². The van der Waals surface area contributed by atoms with Crippen LogP contribution in [-0.2, 0) is 0 Å². The van der Waals surface area contributed by atoms with Crippen LogP contribution in [-0.4, -0.2) is 18.3 Å². The van der Waals surface area contributed by atoms with E-state index in [0.29, 0.717) is 11.3 Å². The van der Waals surface area contributed by atoms with E-state index in [9.17, 15) is 18.0 Å². The summed E-state index contributed by atoms with van der Waals surface area (Å²) in [6.45, 7) is 6.75. The minimum absolute atomic E-state index is 0.218. The van der Waals surface area contributed by atoms with Crippen LogP contribution < -0.4 is 15.6 Å². The summed E-state index contributed by atoms with van der Waals surface area (Å²) in [5.74, 6) is -0.0450. The van der Waals surface area contributed by atoms with Crippen molar-refractivity contribution >= 4 is 5.91 Å². The molecule has 0 saturated heterocycles. The number of benzene rings is 1. The maximum Gasteiger partial charge on any atom is 0.573 e. The van der Waals surface area contributed by atoms with Crippen LogP contribution >= 0.6 is 0 Å². The van der Waals surface area contributed by atoms with Crippen molar-refractivity contribution in [1.82, 2.24) is 10.9 Å². The zero-order chi connectivity index (χ0) is 18.7. The van der Waals surface area contributed by atoms with Crippen molar-refractivity contribution in [3.05, 3.63) is 29.8 Å². The Morgan fingerprint density at radius 2 is 1.60 bits per heavy atom. The van der Waals surface area contributed by atoms with Gasteiger partial charge in [0, 0.05) is 11.6 Å². The van der Waals surface area contributed by atoms with E-state index in [-0.39, 0.29) is 23.3 Å².